The summed E-state index contributed by atoms with van der Waals surface area (Å²) in [6.45, 7) is 6.51. The molecular formula is C17H19N3O2. The second-order valence-corrected chi connectivity index (χ2v) is 4.48. The van der Waals surface area contributed by atoms with E-state index < -0.39 is 0 Å². The van der Waals surface area contributed by atoms with Crippen LogP contribution in [0.2, 0.25) is 0 Å². The van der Waals surface area contributed by atoms with Crippen LogP contribution in [0.1, 0.15) is 17.3 Å². The molecule has 0 atom stereocenters. The fraction of sp³-hybridized carbons (Fsp3) is 0.176. The van der Waals surface area contributed by atoms with E-state index in [1.807, 2.05) is 31.2 Å². The third kappa shape index (κ3) is 4.09. The molecule has 22 heavy (non-hydrogen) atoms. The first-order valence-corrected chi connectivity index (χ1v) is 7.08. The summed E-state index contributed by atoms with van der Waals surface area (Å²) < 4.78 is 5.56. The van der Waals surface area contributed by atoms with Gasteiger partial charge in [0.1, 0.15) is 11.6 Å². The number of aromatic nitrogens is 1. The zero-order valence-corrected chi connectivity index (χ0v) is 12.5. The highest BCUT2D eigenvalue weighted by atomic mass is 16.5. The molecule has 0 aliphatic carbocycles. The normalized spacial score (nSPS) is 9.86. The molecule has 0 fully saturated rings. The summed E-state index contributed by atoms with van der Waals surface area (Å²) in [7, 11) is 0. The van der Waals surface area contributed by atoms with Crippen molar-refractivity contribution in [2.45, 2.75) is 6.92 Å². The number of nitrogens with zero attached hydrogens (tertiary/aromatic N) is 1. The van der Waals surface area contributed by atoms with E-state index in [9.17, 15) is 4.79 Å². The van der Waals surface area contributed by atoms with Gasteiger partial charge in [0, 0.05) is 18.3 Å². The Bertz CT molecular complexity index is 656. The minimum absolute atomic E-state index is 0.163. The highest BCUT2D eigenvalue weighted by molar-refractivity contribution is 5.95. The molecule has 0 aliphatic heterocycles. The van der Waals surface area contributed by atoms with Crippen molar-refractivity contribution in [1.29, 1.82) is 0 Å². The quantitative estimate of drug-likeness (QED) is 0.771. The average molecular weight is 297 g/mol. The molecule has 1 aromatic carbocycles. The van der Waals surface area contributed by atoms with E-state index in [2.05, 4.69) is 22.2 Å². The lowest BCUT2D eigenvalue weighted by atomic mass is 10.2. The summed E-state index contributed by atoms with van der Waals surface area (Å²) in [5.41, 5.74) is 1.34. The van der Waals surface area contributed by atoms with E-state index in [-0.39, 0.29) is 5.91 Å². The van der Waals surface area contributed by atoms with E-state index >= 15 is 0 Å². The van der Waals surface area contributed by atoms with Crippen molar-refractivity contribution in [3.05, 3.63) is 60.8 Å². The molecule has 5 heteroatoms. The molecule has 1 aromatic heterocycles. The monoisotopic (exact) mass is 297 g/mol. The van der Waals surface area contributed by atoms with Gasteiger partial charge in [-0.2, -0.15) is 0 Å². The van der Waals surface area contributed by atoms with Crippen molar-refractivity contribution in [2.24, 2.45) is 0 Å². The van der Waals surface area contributed by atoms with Crippen molar-refractivity contribution < 1.29 is 9.53 Å². The highest BCUT2D eigenvalue weighted by Gasteiger charge is 2.08. The molecule has 5 nitrogen and oxygen atoms in total. The second kappa shape index (κ2) is 7.83. The van der Waals surface area contributed by atoms with Crippen LogP contribution in [0, 0.1) is 0 Å². The first-order valence-electron chi connectivity index (χ1n) is 7.08. The summed E-state index contributed by atoms with van der Waals surface area (Å²) in [5, 5.41) is 5.91. The first-order chi connectivity index (χ1) is 10.7. The van der Waals surface area contributed by atoms with Gasteiger partial charge in [-0.15, -0.1) is 6.58 Å². The Hall–Kier alpha value is -2.82. The number of carbonyl (C=O) groups is 1. The van der Waals surface area contributed by atoms with Crippen LogP contribution >= 0.6 is 0 Å². The standard InChI is InChI=1S/C17H19N3O2/c1-3-10-19-17(21)13-9-11-18-16(12-13)20-14-7-5-6-8-15(14)22-4-2/h3,5-9,11-12H,1,4,10H2,2H3,(H,18,20)(H,19,21). The van der Waals surface area contributed by atoms with Crippen molar-refractivity contribution in [3.63, 3.8) is 0 Å². The van der Waals surface area contributed by atoms with E-state index in [1.165, 1.54) is 0 Å². The van der Waals surface area contributed by atoms with E-state index in [4.69, 9.17) is 4.74 Å². The number of hydrogen-bond donors (Lipinski definition) is 2. The number of para-hydroxylation sites is 2. The summed E-state index contributed by atoms with van der Waals surface area (Å²) in [6, 6.07) is 11.0. The van der Waals surface area contributed by atoms with Crippen LogP contribution in [0.3, 0.4) is 0 Å². The third-order valence-electron chi connectivity index (χ3n) is 2.88. The molecule has 2 rings (SSSR count). The fourth-order valence-electron chi connectivity index (χ4n) is 1.90. The number of nitrogens with one attached hydrogen (secondary N) is 2. The number of carbonyl (C=O) groups excluding carboxylic acids is 1. The summed E-state index contributed by atoms with van der Waals surface area (Å²) >= 11 is 0. The number of pyridine rings is 1. The topological polar surface area (TPSA) is 63.2 Å². The lowest BCUT2D eigenvalue weighted by Gasteiger charge is -2.12. The molecule has 2 N–H and O–H groups in total. The van der Waals surface area contributed by atoms with Gasteiger partial charge in [-0.1, -0.05) is 18.2 Å². The maximum atomic E-state index is 11.9. The molecule has 0 saturated heterocycles. The largest absolute Gasteiger partial charge is 0.492 e. The van der Waals surface area contributed by atoms with Gasteiger partial charge >= 0.3 is 0 Å². The number of rotatable bonds is 7. The average Bonchev–Trinajstić information content (AvgIpc) is 2.55. The lowest BCUT2D eigenvalue weighted by Crippen LogP contribution is -2.23. The minimum Gasteiger partial charge on any atom is -0.492 e. The smallest absolute Gasteiger partial charge is 0.251 e. The Morgan fingerprint density at radius 2 is 2.18 bits per heavy atom. The van der Waals surface area contributed by atoms with E-state index in [0.29, 0.717) is 24.5 Å². The predicted octanol–water partition coefficient (Wildman–Crippen LogP) is 3.14. The number of amides is 1. The van der Waals surface area contributed by atoms with Gasteiger partial charge in [0.15, 0.2) is 0 Å². The minimum atomic E-state index is -0.163. The molecule has 0 aliphatic rings. The summed E-state index contributed by atoms with van der Waals surface area (Å²) in [5.74, 6) is 1.16. The van der Waals surface area contributed by atoms with Gasteiger partial charge in [0.25, 0.3) is 5.91 Å². The van der Waals surface area contributed by atoms with Crippen LogP contribution in [0.15, 0.2) is 55.3 Å². The van der Waals surface area contributed by atoms with Crippen LogP contribution in [-0.4, -0.2) is 24.0 Å². The summed E-state index contributed by atoms with van der Waals surface area (Å²) in [6.07, 6.45) is 3.23. The van der Waals surface area contributed by atoms with Crippen molar-refractivity contribution in [2.75, 3.05) is 18.5 Å². The lowest BCUT2D eigenvalue weighted by molar-refractivity contribution is 0.0958. The van der Waals surface area contributed by atoms with E-state index in [1.54, 1.807) is 24.4 Å². The Balaban J connectivity index is 2.17. The third-order valence-corrected chi connectivity index (χ3v) is 2.88. The molecule has 0 unspecified atom stereocenters. The van der Waals surface area contributed by atoms with Gasteiger partial charge < -0.3 is 15.4 Å². The van der Waals surface area contributed by atoms with Gasteiger partial charge in [0.05, 0.1) is 12.3 Å². The van der Waals surface area contributed by atoms with Crippen LogP contribution < -0.4 is 15.4 Å². The molecule has 1 amide bonds. The number of benzene rings is 1. The molecule has 0 bridgehead atoms. The van der Waals surface area contributed by atoms with Gasteiger partial charge in [-0.25, -0.2) is 4.98 Å². The molecule has 114 valence electrons. The number of ether oxygens (including phenoxy) is 1. The van der Waals surface area contributed by atoms with Crippen LogP contribution in [-0.2, 0) is 0 Å². The van der Waals surface area contributed by atoms with Gasteiger partial charge in [-0.3, -0.25) is 4.79 Å². The Morgan fingerprint density at radius 3 is 2.95 bits per heavy atom. The molecule has 1 heterocycles. The SMILES string of the molecule is C=CCNC(=O)c1ccnc(Nc2ccccc2OCC)c1. The van der Waals surface area contributed by atoms with Crippen LogP contribution in [0.5, 0.6) is 5.75 Å². The van der Waals surface area contributed by atoms with Crippen molar-refractivity contribution >= 4 is 17.4 Å². The first kappa shape index (κ1) is 15.6. The van der Waals surface area contributed by atoms with Gasteiger partial charge in [-0.05, 0) is 31.2 Å². The number of hydrogen-bond acceptors (Lipinski definition) is 4. The van der Waals surface area contributed by atoms with Crippen molar-refractivity contribution in [3.8, 4) is 5.75 Å². The molecule has 0 saturated carbocycles. The van der Waals surface area contributed by atoms with Crippen LogP contribution in [0.4, 0.5) is 11.5 Å². The molecule has 0 radical (unpaired) electrons. The molecular weight excluding hydrogens is 278 g/mol. The molecule has 0 spiro atoms. The van der Waals surface area contributed by atoms with Crippen LogP contribution in [0.25, 0.3) is 0 Å². The fourth-order valence-corrected chi connectivity index (χ4v) is 1.90. The maximum absolute atomic E-state index is 11.9. The Labute approximate surface area is 130 Å². The predicted molar refractivity (Wildman–Crippen MR) is 87.7 cm³/mol. The Morgan fingerprint density at radius 1 is 1.36 bits per heavy atom. The summed E-state index contributed by atoms with van der Waals surface area (Å²) in [4.78, 5) is 16.2. The molecule has 2 aromatic rings. The van der Waals surface area contributed by atoms with Gasteiger partial charge in [0.2, 0.25) is 0 Å². The zero-order valence-electron chi connectivity index (χ0n) is 12.5. The Kier molecular flexibility index (Phi) is 5.54. The highest BCUT2D eigenvalue weighted by Crippen LogP contribution is 2.26. The second-order valence-electron chi connectivity index (χ2n) is 4.48. The zero-order chi connectivity index (χ0) is 15.8. The van der Waals surface area contributed by atoms with E-state index in [0.717, 1.165) is 11.4 Å². The number of anilines is 2. The van der Waals surface area contributed by atoms with Crippen molar-refractivity contribution in [1.82, 2.24) is 10.3 Å². The maximum Gasteiger partial charge on any atom is 0.251 e.